The first-order valence-electron chi connectivity index (χ1n) is 8.76. The predicted octanol–water partition coefficient (Wildman–Crippen LogP) is 5.65. The summed E-state index contributed by atoms with van der Waals surface area (Å²) in [7, 11) is -3.04. The smallest absolute Gasteiger partial charge is 0.171 e. The lowest BCUT2D eigenvalue weighted by atomic mass is 10.1. The molecular formula is C24H18ClOP. The Kier molecular flexibility index (Phi) is 4.99. The van der Waals surface area contributed by atoms with Gasteiger partial charge in [-0.05, 0) is 23.3 Å². The van der Waals surface area contributed by atoms with Crippen LogP contribution in [0.25, 0.3) is 11.1 Å². The van der Waals surface area contributed by atoms with Crippen LogP contribution in [0.4, 0.5) is 0 Å². The molecule has 4 aromatic carbocycles. The van der Waals surface area contributed by atoms with E-state index in [1.54, 1.807) is 0 Å². The van der Waals surface area contributed by atoms with E-state index in [2.05, 4.69) is 0 Å². The lowest BCUT2D eigenvalue weighted by Gasteiger charge is -2.23. The SMILES string of the molecule is O=P(c1ccccc1)(c1ccccc1)c1ccccc1-c1cccc(Cl)c1. The van der Waals surface area contributed by atoms with Crippen LogP contribution in [0.2, 0.25) is 5.02 Å². The molecule has 27 heavy (non-hydrogen) atoms. The molecule has 0 aliphatic carbocycles. The van der Waals surface area contributed by atoms with Crippen molar-refractivity contribution in [2.75, 3.05) is 0 Å². The predicted molar refractivity (Wildman–Crippen MR) is 116 cm³/mol. The lowest BCUT2D eigenvalue weighted by molar-refractivity contribution is 0.592. The molecule has 0 atom stereocenters. The maximum atomic E-state index is 14.7. The topological polar surface area (TPSA) is 17.1 Å². The van der Waals surface area contributed by atoms with Gasteiger partial charge in [0.1, 0.15) is 0 Å². The Balaban J connectivity index is 2.03. The summed E-state index contributed by atoms with van der Waals surface area (Å²) in [6, 6.07) is 35.0. The third kappa shape index (κ3) is 3.37. The first kappa shape index (κ1) is 17.8. The lowest BCUT2D eigenvalue weighted by Crippen LogP contribution is -2.26. The highest BCUT2D eigenvalue weighted by atomic mass is 35.5. The van der Waals surface area contributed by atoms with Crippen molar-refractivity contribution in [3.63, 3.8) is 0 Å². The molecule has 0 aromatic heterocycles. The molecule has 0 fully saturated rings. The molecule has 0 N–H and O–H groups in total. The van der Waals surface area contributed by atoms with Crippen molar-refractivity contribution in [2.45, 2.75) is 0 Å². The summed E-state index contributed by atoms with van der Waals surface area (Å²) >= 11 is 6.23. The molecule has 0 heterocycles. The van der Waals surface area contributed by atoms with E-state index in [0.717, 1.165) is 27.0 Å². The van der Waals surface area contributed by atoms with Crippen molar-refractivity contribution < 1.29 is 4.57 Å². The molecule has 1 nitrogen and oxygen atoms in total. The highest BCUT2D eigenvalue weighted by molar-refractivity contribution is 7.85. The van der Waals surface area contributed by atoms with Crippen molar-refractivity contribution in [1.29, 1.82) is 0 Å². The molecule has 132 valence electrons. The molecule has 0 saturated heterocycles. The Bertz CT molecular complexity index is 1060. The van der Waals surface area contributed by atoms with Gasteiger partial charge in [0.2, 0.25) is 0 Å². The zero-order chi connectivity index (χ0) is 18.7. The maximum Gasteiger partial charge on any atom is 0.171 e. The maximum absolute atomic E-state index is 14.7. The number of hydrogen-bond acceptors (Lipinski definition) is 1. The Morgan fingerprint density at radius 1 is 0.593 bits per heavy atom. The van der Waals surface area contributed by atoms with Crippen molar-refractivity contribution in [2.24, 2.45) is 0 Å². The van der Waals surface area contributed by atoms with E-state index in [-0.39, 0.29) is 0 Å². The molecule has 0 amide bonds. The second-order valence-electron chi connectivity index (χ2n) is 6.31. The minimum absolute atomic E-state index is 0.663. The van der Waals surface area contributed by atoms with Crippen LogP contribution in [-0.2, 0) is 4.57 Å². The largest absolute Gasteiger partial charge is 0.309 e. The van der Waals surface area contributed by atoms with Gasteiger partial charge >= 0.3 is 0 Å². The van der Waals surface area contributed by atoms with Gasteiger partial charge in [-0.15, -0.1) is 0 Å². The second-order valence-corrected chi connectivity index (χ2v) is 9.48. The van der Waals surface area contributed by atoms with Gasteiger partial charge in [-0.2, -0.15) is 0 Å². The summed E-state index contributed by atoms with van der Waals surface area (Å²) in [4.78, 5) is 0. The van der Waals surface area contributed by atoms with E-state index >= 15 is 0 Å². The average molecular weight is 389 g/mol. The summed E-state index contributed by atoms with van der Waals surface area (Å²) in [6.07, 6.45) is 0. The van der Waals surface area contributed by atoms with Crippen molar-refractivity contribution >= 4 is 34.7 Å². The van der Waals surface area contributed by atoms with E-state index in [4.69, 9.17) is 11.6 Å². The minimum Gasteiger partial charge on any atom is -0.309 e. The van der Waals surface area contributed by atoms with Crippen LogP contribution >= 0.6 is 18.7 Å². The van der Waals surface area contributed by atoms with E-state index in [1.165, 1.54) is 0 Å². The zero-order valence-electron chi connectivity index (χ0n) is 14.6. The van der Waals surface area contributed by atoms with E-state index in [0.29, 0.717) is 5.02 Å². The molecule has 0 spiro atoms. The minimum atomic E-state index is -3.04. The summed E-state index contributed by atoms with van der Waals surface area (Å²) in [5.74, 6) is 0. The monoisotopic (exact) mass is 388 g/mol. The summed E-state index contributed by atoms with van der Waals surface area (Å²) < 4.78 is 14.7. The third-order valence-electron chi connectivity index (χ3n) is 4.62. The van der Waals surface area contributed by atoms with Crippen molar-refractivity contribution in [3.05, 3.63) is 114 Å². The summed E-state index contributed by atoms with van der Waals surface area (Å²) in [6.45, 7) is 0. The van der Waals surface area contributed by atoms with E-state index in [9.17, 15) is 4.57 Å². The Labute approximate surface area is 164 Å². The molecule has 0 unspecified atom stereocenters. The fourth-order valence-electron chi connectivity index (χ4n) is 3.35. The van der Waals surface area contributed by atoms with Gasteiger partial charge in [0.25, 0.3) is 0 Å². The molecule has 0 radical (unpaired) electrons. The first-order valence-corrected chi connectivity index (χ1v) is 10.8. The molecule has 4 rings (SSSR count). The standard InChI is InChI=1S/C24H18ClOP/c25-20-11-9-10-19(18-20)23-16-7-8-17-24(23)27(26,21-12-3-1-4-13-21)22-14-5-2-6-15-22/h1-18H. The van der Waals surface area contributed by atoms with Crippen LogP contribution in [0.5, 0.6) is 0 Å². The quantitative estimate of drug-likeness (QED) is 0.413. The molecular weight excluding hydrogens is 371 g/mol. The van der Waals surface area contributed by atoms with Crippen LogP contribution in [-0.4, -0.2) is 0 Å². The highest BCUT2D eigenvalue weighted by Crippen LogP contribution is 2.45. The fourth-order valence-corrected chi connectivity index (χ4v) is 6.42. The Morgan fingerprint density at radius 3 is 1.74 bits per heavy atom. The summed E-state index contributed by atoms with van der Waals surface area (Å²) in [5, 5.41) is 3.14. The van der Waals surface area contributed by atoms with Gasteiger partial charge in [0, 0.05) is 20.9 Å². The molecule has 0 aliphatic heterocycles. The van der Waals surface area contributed by atoms with Gasteiger partial charge in [0.15, 0.2) is 7.14 Å². The van der Waals surface area contributed by atoms with Gasteiger partial charge in [-0.25, -0.2) is 0 Å². The fraction of sp³-hybridized carbons (Fsp3) is 0. The van der Waals surface area contributed by atoms with E-state index in [1.807, 2.05) is 109 Å². The van der Waals surface area contributed by atoms with Crippen LogP contribution in [0.15, 0.2) is 109 Å². The van der Waals surface area contributed by atoms with Gasteiger partial charge in [0.05, 0.1) is 0 Å². The van der Waals surface area contributed by atoms with Gasteiger partial charge in [-0.3, -0.25) is 0 Å². The molecule has 0 bridgehead atoms. The Morgan fingerprint density at radius 2 is 1.15 bits per heavy atom. The van der Waals surface area contributed by atoms with Crippen LogP contribution in [0, 0.1) is 0 Å². The van der Waals surface area contributed by atoms with Crippen LogP contribution < -0.4 is 15.9 Å². The molecule has 3 heteroatoms. The number of halogens is 1. The molecule has 0 aliphatic rings. The number of rotatable bonds is 4. The first-order chi connectivity index (χ1) is 13.2. The Hall–Kier alpha value is -2.60. The second kappa shape index (κ2) is 7.56. The van der Waals surface area contributed by atoms with Gasteiger partial charge in [-0.1, -0.05) is 109 Å². The zero-order valence-corrected chi connectivity index (χ0v) is 16.3. The summed E-state index contributed by atoms with van der Waals surface area (Å²) in [5.41, 5.74) is 1.90. The van der Waals surface area contributed by atoms with Crippen molar-refractivity contribution in [1.82, 2.24) is 0 Å². The highest BCUT2D eigenvalue weighted by Gasteiger charge is 2.31. The number of benzene rings is 4. The van der Waals surface area contributed by atoms with Crippen LogP contribution in [0.1, 0.15) is 0 Å². The average Bonchev–Trinajstić information content (AvgIpc) is 2.74. The molecule has 4 aromatic rings. The molecule has 0 saturated carbocycles. The van der Waals surface area contributed by atoms with Crippen molar-refractivity contribution in [3.8, 4) is 11.1 Å². The van der Waals surface area contributed by atoms with E-state index < -0.39 is 7.14 Å². The number of hydrogen-bond donors (Lipinski definition) is 0. The normalized spacial score (nSPS) is 11.3. The third-order valence-corrected chi connectivity index (χ3v) is 7.97. The van der Waals surface area contributed by atoms with Crippen LogP contribution in [0.3, 0.4) is 0 Å². The van der Waals surface area contributed by atoms with Gasteiger partial charge < -0.3 is 4.57 Å².